The van der Waals surface area contributed by atoms with Gasteiger partial charge < -0.3 is 10.6 Å². The fraction of sp³-hybridized carbons (Fsp3) is 0.150. The molecule has 1 heterocycles. The Morgan fingerprint density at radius 3 is 2.50 bits per heavy atom. The van der Waals surface area contributed by atoms with E-state index in [1.54, 1.807) is 12.1 Å². The van der Waals surface area contributed by atoms with Crippen molar-refractivity contribution in [1.82, 2.24) is 10.2 Å². The van der Waals surface area contributed by atoms with Crippen LogP contribution in [0, 0.1) is 13.8 Å². The van der Waals surface area contributed by atoms with E-state index in [-0.39, 0.29) is 12.2 Å². The SMILES string of the molecule is Cc1ccc(/C=C2/NC(=O)N(CC(=O)Nc3cccc(C)c3)C2=O)cc1. The third-order valence-electron chi connectivity index (χ3n) is 3.95. The molecule has 1 saturated heterocycles. The van der Waals surface area contributed by atoms with E-state index in [0.29, 0.717) is 5.69 Å². The van der Waals surface area contributed by atoms with E-state index in [4.69, 9.17) is 0 Å². The third kappa shape index (κ3) is 3.97. The van der Waals surface area contributed by atoms with Crippen molar-refractivity contribution < 1.29 is 14.4 Å². The van der Waals surface area contributed by atoms with Crippen molar-refractivity contribution in [3.05, 3.63) is 70.9 Å². The van der Waals surface area contributed by atoms with Gasteiger partial charge in [0.25, 0.3) is 5.91 Å². The van der Waals surface area contributed by atoms with Gasteiger partial charge in [0.2, 0.25) is 5.91 Å². The van der Waals surface area contributed by atoms with E-state index in [9.17, 15) is 14.4 Å². The van der Waals surface area contributed by atoms with Gasteiger partial charge in [-0.3, -0.25) is 9.59 Å². The summed E-state index contributed by atoms with van der Waals surface area (Å²) in [4.78, 5) is 37.5. The average Bonchev–Trinajstić information content (AvgIpc) is 2.84. The molecule has 0 aromatic heterocycles. The molecular weight excluding hydrogens is 330 g/mol. The van der Waals surface area contributed by atoms with E-state index in [2.05, 4.69) is 10.6 Å². The zero-order valence-electron chi connectivity index (χ0n) is 14.6. The van der Waals surface area contributed by atoms with E-state index in [1.165, 1.54) is 0 Å². The van der Waals surface area contributed by atoms with E-state index < -0.39 is 17.8 Å². The van der Waals surface area contributed by atoms with Gasteiger partial charge in [-0.25, -0.2) is 9.69 Å². The molecule has 2 aromatic rings. The molecule has 0 bridgehead atoms. The Labute approximate surface area is 151 Å². The van der Waals surface area contributed by atoms with Crippen LogP contribution in [0.5, 0.6) is 0 Å². The molecule has 0 unspecified atom stereocenters. The Kier molecular flexibility index (Phi) is 4.84. The molecule has 0 aliphatic carbocycles. The molecule has 1 aliphatic heterocycles. The summed E-state index contributed by atoms with van der Waals surface area (Å²) in [5.41, 5.74) is 3.68. The average molecular weight is 349 g/mol. The second-order valence-corrected chi connectivity index (χ2v) is 6.21. The first-order valence-electron chi connectivity index (χ1n) is 8.20. The van der Waals surface area contributed by atoms with Gasteiger partial charge in [0.15, 0.2) is 0 Å². The maximum absolute atomic E-state index is 12.4. The minimum atomic E-state index is -0.604. The summed E-state index contributed by atoms with van der Waals surface area (Å²) in [7, 11) is 0. The molecule has 26 heavy (non-hydrogen) atoms. The molecular formula is C20H19N3O3. The van der Waals surface area contributed by atoms with Crippen molar-refractivity contribution >= 4 is 29.6 Å². The number of carbonyl (C=O) groups is 3. The first-order chi connectivity index (χ1) is 12.4. The van der Waals surface area contributed by atoms with E-state index >= 15 is 0 Å². The molecule has 2 aromatic carbocycles. The number of hydrogen-bond donors (Lipinski definition) is 2. The number of urea groups is 1. The number of aryl methyl sites for hydroxylation is 2. The third-order valence-corrected chi connectivity index (χ3v) is 3.95. The topological polar surface area (TPSA) is 78.5 Å². The number of imide groups is 1. The van der Waals surface area contributed by atoms with Gasteiger partial charge in [-0.05, 0) is 43.2 Å². The molecule has 3 rings (SSSR count). The summed E-state index contributed by atoms with van der Waals surface area (Å²) in [6.45, 7) is 3.53. The summed E-state index contributed by atoms with van der Waals surface area (Å²) in [6.07, 6.45) is 1.60. The molecule has 0 spiro atoms. The number of nitrogens with zero attached hydrogens (tertiary/aromatic N) is 1. The van der Waals surface area contributed by atoms with Crippen LogP contribution in [-0.2, 0) is 9.59 Å². The maximum Gasteiger partial charge on any atom is 0.329 e. The van der Waals surface area contributed by atoms with Crippen LogP contribution in [0.3, 0.4) is 0 Å². The van der Waals surface area contributed by atoms with Crippen LogP contribution < -0.4 is 10.6 Å². The summed E-state index contributed by atoms with van der Waals surface area (Å²) in [5.74, 6) is -0.953. The lowest BCUT2D eigenvalue weighted by molar-refractivity contribution is -0.127. The van der Waals surface area contributed by atoms with E-state index in [1.807, 2.05) is 56.3 Å². The van der Waals surface area contributed by atoms with Crippen molar-refractivity contribution in [1.29, 1.82) is 0 Å². The van der Waals surface area contributed by atoms with Crippen LogP contribution in [0.25, 0.3) is 6.08 Å². The molecule has 4 amide bonds. The van der Waals surface area contributed by atoms with Crippen LogP contribution in [0.15, 0.2) is 54.2 Å². The number of hydrogen-bond acceptors (Lipinski definition) is 3. The zero-order valence-corrected chi connectivity index (χ0v) is 14.6. The highest BCUT2D eigenvalue weighted by atomic mass is 16.2. The van der Waals surface area contributed by atoms with Gasteiger partial charge in [0.05, 0.1) is 0 Å². The van der Waals surface area contributed by atoms with Crippen molar-refractivity contribution in [3.8, 4) is 0 Å². The molecule has 1 fully saturated rings. The monoisotopic (exact) mass is 349 g/mol. The lowest BCUT2D eigenvalue weighted by atomic mass is 10.1. The minimum absolute atomic E-state index is 0.155. The van der Waals surface area contributed by atoms with Crippen molar-refractivity contribution in [2.45, 2.75) is 13.8 Å². The zero-order chi connectivity index (χ0) is 18.7. The minimum Gasteiger partial charge on any atom is -0.325 e. The fourth-order valence-corrected chi connectivity index (χ4v) is 2.61. The van der Waals surface area contributed by atoms with Gasteiger partial charge in [-0.15, -0.1) is 0 Å². The van der Waals surface area contributed by atoms with Crippen LogP contribution >= 0.6 is 0 Å². The number of nitrogens with one attached hydrogen (secondary N) is 2. The van der Waals surface area contributed by atoms with Gasteiger partial charge in [0, 0.05) is 5.69 Å². The lowest BCUT2D eigenvalue weighted by Crippen LogP contribution is -2.38. The second kappa shape index (κ2) is 7.23. The predicted molar refractivity (Wildman–Crippen MR) is 99.2 cm³/mol. The standard InChI is InChI=1S/C20H19N3O3/c1-13-6-8-15(9-7-13)11-17-19(25)23(20(26)22-17)12-18(24)21-16-5-3-4-14(2)10-16/h3-11H,12H2,1-2H3,(H,21,24)(H,22,26)/b17-11+. The van der Waals surface area contributed by atoms with Gasteiger partial charge in [-0.1, -0.05) is 42.0 Å². The van der Waals surface area contributed by atoms with Crippen LogP contribution in [0.4, 0.5) is 10.5 Å². The Balaban J connectivity index is 1.69. The molecule has 0 atom stereocenters. The number of carbonyl (C=O) groups excluding carboxylic acids is 3. The normalized spacial score (nSPS) is 15.3. The lowest BCUT2D eigenvalue weighted by Gasteiger charge is -2.12. The summed E-state index contributed by atoms with van der Waals surface area (Å²) in [6, 6.07) is 14.2. The van der Waals surface area contributed by atoms with Crippen molar-refractivity contribution in [3.63, 3.8) is 0 Å². The molecule has 1 aliphatic rings. The number of rotatable bonds is 4. The van der Waals surface area contributed by atoms with Crippen LogP contribution in [0.1, 0.15) is 16.7 Å². The van der Waals surface area contributed by atoms with Crippen molar-refractivity contribution in [2.24, 2.45) is 0 Å². The van der Waals surface area contributed by atoms with Gasteiger partial charge >= 0.3 is 6.03 Å². The van der Waals surface area contributed by atoms with Crippen molar-refractivity contribution in [2.75, 3.05) is 11.9 Å². The largest absolute Gasteiger partial charge is 0.329 e. The smallest absolute Gasteiger partial charge is 0.325 e. The first kappa shape index (κ1) is 17.4. The number of anilines is 1. The molecule has 0 radical (unpaired) electrons. The Bertz CT molecular complexity index is 901. The Hall–Kier alpha value is -3.41. The Morgan fingerprint density at radius 2 is 1.81 bits per heavy atom. The molecule has 6 heteroatoms. The molecule has 0 saturated carbocycles. The molecule has 6 nitrogen and oxygen atoms in total. The van der Waals surface area contributed by atoms with Crippen LogP contribution in [0.2, 0.25) is 0 Å². The second-order valence-electron chi connectivity index (χ2n) is 6.21. The molecule has 132 valence electrons. The predicted octanol–water partition coefficient (Wildman–Crippen LogP) is 2.83. The highest BCUT2D eigenvalue weighted by Crippen LogP contribution is 2.15. The maximum atomic E-state index is 12.4. The van der Waals surface area contributed by atoms with Gasteiger partial charge in [0.1, 0.15) is 12.2 Å². The fourth-order valence-electron chi connectivity index (χ4n) is 2.61. The van der Waals surface area contributed by atoms with Crippen LogP contribution in [-0.4, -0.2) is 29.3 Å². The number of amides is 4. The quantitative estimate of drug-likeness (QED) is 0.658. The first-order valence-corrected chi connectivity index (χ1v) is 8.20. The molecule has 2 N–H and O–H groups in total. The summed E-state index contributed by atoms with van der Waals surface area (Å²) in [5, 5.41) is 5.20. The summed E-state index contributed by atoms with van der Waals surface area (Å²) >= 11 is 0. The Morgan fingerprint density at radius 1 is 1.08 bits per heavy atom. The van der Waals surface area contributed by atoms with Gasteiger partial charge in [-0.2, -0.15) is 0 Å². The highest BCUT2D eigenvalue weighted by Gasteiger charge is 2.34. The summed E-state index contributed by atoms with van der Waals surface area (Å²) < 4.78 is 0. The number of benzene rings is 2. The van der Waals surface area contributed by atoms with E-state index in [0.717, 1.165) is 21.6 Å². The highest BCUT2D eigenvalue weighted by molar-refractivity contribution is 6.15.